The molecule has 8 nitrogen and oxygen atoms in total. The van der Waals surface area contributed by atoms with E-state index < -0.39 is 0 Å². The minimum atomic E-state index is 0. The number of hydrogen-bond donors (Lipinski definition) is 2. The Hall–Kier alpha value is -2.69. The highest BCUT2D eigenvalue weighted by molar-refractivity contribution is 14.0. The van der Waals surface area contributed by atoms with Crippen molar-refractivity contribution in [1.29, 1.82) is 0 Å². The molecule has 4 rings (SSSR count). The van der Waals surface area contributed by atoms with E-state index in [1.54, 1.807) is 0 Å². The van der Waals surface area contributed by atoms with Crippen LogP contribution >= 0.6 is 24.0 Å². The molecular weight excluding hydrogens is 479 g/mol. The molecular formula is C20H25IN8. The largest absolute Gasteiger partial charge is 0.357 e. The lowest BCUT2D eigenvalue weighted by Gasteiger charge is -2.12. The monoisotopic (exact) mass is 504 g/mol. The predicted molar refractivity (Wildman–Crippen MR) is 126 cm³/mol. The van der Waals surface area contributed by atoms with E-state index in [0.29, 0.717) is 6.54 Å². The van der Waals surface area contributed by atoms with E-state index in [9.17, 15) is 0 Å². The highest BCUT2D eigenvalue weighted by atomic mass is 127. The third-order valence-corrected chi connectivity index (χ3v) is 4.58. The molecule has 3 heterocycles. The van der Waals surface area contributed by atoms with E-state index in [1.807, 2.05) is 53.9 Å². The molecule has 0 aliphatic heterocycles. The fraction of sp³-hybridized carbons (Fsp3) is 0.300. The van der Waals surface area contributed by atoms with Crippen molar-refractivity contribution in [3.8, 4) is 0 Å². The van der Waals surface area contributed by atoms with Crippen molar-refractivity contribution in [2.75, 3.05) is 13.1 Å². The number of aliphatic imine (C=N–C) groups is 1. The summed E-state index contributed by atoms with van der Waals surface area (Å²) in [4.78, 5) is 9.27. The van der Waals surface area contributed by atoms with Crippen LogP contribution in [0.1, 0.15) is 18.6 Å². The molecule has 0 unspecified atom stereocenters. The van der Waals surface area contributed by atoms with Crippen LogP contribution in [0.4, 0.5) is 0 Å². The Bertz CT molecular complexity index is 1110. The van der Waals surface area contributed by atoms with Crippen molar-refractivity contribution in [1.82, 2.24) is 34.8 Å². The minimum Gasteiger partial charge on any atom is -0.357 e. The van der Waals surface area contributed by atoms with E-state index >= 15 is 0 Å². The summed E-state index contributed by atoms with van der Waals surface area (Å²) in [6, 6.07) is 14.0. The number of para-hydroxylation sites is 2. The van der Waals surface area contributed by atoms with Gasteiger partial charge in [-0.25, -0.2) is 9.98 Å². The normalized spacial score (nSPS) is 11.6. The zero-order chi connectivity index (χ0) is 19.3. The van der Waals surface area contributed by atoms with Crippen molar-refractivity contribution < 1.29 is 0 Å². The third kappa shape index (κ3) is 4.66. The second-order valence-electron chi connectivity index (χ2n) is 6.47. The number of nitrogens with one attached hydrogen (secondary N) is 2. The van der Waals surface area contributed by atoms with Crippen LogP contribution in [0.3, 0.4) is 0 Å². The van der Waals surface area contributed by atoms with Crippen LogP contribution in [-0.4, -0.2) is 43.2 Å². The van der Waals surface area contributed by atoms with Crippen molar-refractivity contribution in [2.45, 2.75) is 26.9 Å². The third-order valence-electron chi connectivity index (χ3n) is 4.58. The first-order valence-corrected chi connectivity index (χ1v) is 9.49. The lowest BCUT2D eigenvalue weighted by molar-refractivity contribution is 0.659. The number of benzene rings is 1. The fourth-order valence-electron chi connectivity index (χ4n) is 3.25. The zero-order valence-corrected chi connectivity index (χ0v) is 18.9. The molecule has 0 saturated heterocycles. The summed E-state index contributed by atoms with van der Waals surface area (Å²) in [6.45, 7) is 6.89. The molecule has 4 aromatic rings. The van der Waals surface area contributed by atoms with Gasteiger partial charge in [-0.1, -0.05) is 18.2 Å². The molecule has 0 aliphatic carbocycles. The first-order valence-electron chi connectivity index (χ1n) is 9.49. The molecule has 0 amide bonds. The van der Waals surface area contributed by atoms with Gasteiger partial charge in [0.1, 0.15) is 12.4 Å². The molecule has 0 aliphatic rings. The quantitative estimate of drug-likeness (QED) is 0.240. The maximum atomic E-state index is 4.66. The van der Waals surface area contributed by atoms with Gasteiger partial charge in [0.25, 0.3) is 0 Å². The van der Waals surface area contributed by atoms with Gasteiger partial charge in [0, 0.05) is 25.8 Å². The summed E-state index contributed by atoms with van der Waals surface area (Å²) in [5.74, 6) is 2.58. The van der Waals surface area contributed by atoms with Crippen LogP contribution in [0.2, 0.25) is 0 Å². The lowest BCUT2D eigenvalue weighted by atomic mass is 10.3. The number of pyridine rings is 1. The molecule has 1 aromatic carbocycles. The van der Waals surface area contributed by atoms with Gasteiger partial charge in [0.05, 0.1) is 11.0 Å². The van der Waals surface area contributed by atoms with Crippen molar-refractivity contribution >= 4 is 46.6 Å². The first-order chi connectivity index (χ1) is 13.8. The van der Waals surface area contributed by atoms with Crippen LogP contribution in [0.5, 0.6) is 0 Å². The standard InChI is InChI=1S/C20H24N8.HI/c1-3-21-20(23-14-19-26-25-18-10-6-7-12-28(18)19)22-11-13-27-15(2)24-16-8-4-5-9-17(16)27;/h4-10,12H,3,11,13-14H2,1-2H3,(H2,21,22,23);1H. The number of aryl methyl sites for hydroxylation is 1. The minimum absolute atomic E-state index is 0. The fourth-order valence-corrected chi connectivity index (χ4v) is 3.25. The molecule has 0 atom stereocenters. The summed E-state index contributed by atoms with van der Waals surface area (Å²) in [6.07, 6.45) is 1.95. The van der Waals surface area contributed by atoms with Gasteiger partial charge in [-0.2, -0.15) is 0 Å². The highest BCUT2D eigenvalue weighted by Crippen LogP contribution is 2.14. The molecule has 3 aromatic heterocycles. The molecule has 29 heavy (non-hydrogen) atoms. The van der Waals surface area contributed by atoms with E-state index in [0.717, 1.165) is 53.9 Å². The van der Waals surface area contributed by atoms with Gasteiger partial charge >= 0.3 is 0 Å². The number of halogens is 1. The Morgan fingerprint density at radius 2 is 1.90 bits per heavy atom. The number of guanidine groups is 1. The van der Waals surface area contributed by atoms with Crippen LogP contribution in [-0.2, 0) is 13.1 Å². The summed E-state index contributed by atoms with van der Waals surface area (Å²) >= 11 is 0. The Labute approximate surface area is 186 Å². The number of nitrogens with zero attached hydrogens (tertiary/aromatic N) is 6. The molecule has 0 radical (unpaired) electrons. The number of aromatic nitrogens is 5. The van der Waals surface area contributed by atoms with Gasteiger partial charge in [-0.05, 0) is 38.1 Å². The van der Waals surface area contributed by atoms with E-state index in [-0.39, 0.29) is 24.0 Å². The molecule has 0 saturated carbocycles. The second kappa shape index (κ2) is 9.68. The van der Waals surface area contributed by atoms with Gasteiger partial charge in [0.15, 0.2) is 17.4 Å². The lowest BCUT2D eigenvalue weighted by Crippen LogP contribution is -2.39. The summed E-state index contributed by atoms with van der Waals surface area (Å²) < 4.78 is 4.17. The van der Waals surface area contributed by atoms with Gasteiger partial charge in [-0.15, -0.1) is 34.2 Å². The maximum absolute atomic E-state index is 4.66. The van der Waals surface area contributed by atoms with Gasteiger partial charge < -0.3 is 15.2 Å². The Morgan fingerprint density at radius 3 is 2.76 bits per heavy atom. The summed E-state index contributed by atoms with van der Waals surface area (Å²) in [5, 5.41) is 15.1. The van der Waals surface area contributed by atoms with E-state index in [4.69, 9.17) is 0 Å². The topological polar surface area (TPSA) is 84.4 Å². The van der Waals surface area contributed by atoms with Crippen LogP contribution in [0.15, 0.2) is 53.7 Å². The molecule has 0 fully saturated rings. The van der Waals surface area contributed by atoms with Crippen LogP contribution in [0, 0.1) is 6.92 Å². The number of hydrogen-bond acceptors (Lipinski definition) is 4. The van der Waals surface area contributed by atoms with Gasteiger partial charge in [0.2, 0.25) is 0 Å². The summed E-state index contributed by atoms with van der Waals surface area (Å²) in [5.41, 5.74) is 3.01. The van der Waals surface area contributed by atoms with Crippen LogP contribution in [0.25, 0.3) is 16.7 Å². The molecule has 9 heteroatoms. The van der Waals surface area contributed by atoms with Crippen molar-refractivity contribution in [3.05, 3.63) is 60.3 Å². The second-order valence-corrected chi connectivity index (χ2v) is 6.47. The molecule has 2 N–H and O–H groups in total. The highest BCUT2D eigenvalue weighted by Gasteiger charge is 2.07. The maximum Gasteiger partial charge on any atom is 0.191 e. The van der Waals surface area contributed by atoms with Gasteiger partial charge in [-0.3, -0.25) is 4.40 Å². The Balaban J connectivity index is 0.00000240. The average molecular weight is 504 g/mol. The van der Waals surface area contributed by atoms with E-state index in [1.165, 1.54) is 0 Å². The van der Waals surface area contributed by atoms with Crippen molar-refractivity contribution in [3.63, 3.8) is 0 Å². The molecule has 152 valence electrons. The predicted octanol–water partition coefficient (Wildman–Crippen LogP) is 2.76. The SMILES string of the molecule is CCNC(=NCc1nnc2ccccn12)NCCn1c(C)nc2ccccc21.I. The van der Waals surface area contributed by atoms with Crippen molar-refractivity contribution in [2.24, 2.45) is 4.99 Å². The average Bonchev–Trinajstić information content (AvgIpc) is 3.27. The smallest absolute Gasteiger partial charge is 0.191 e. The zero-order valence-electron chi connectivity index (χ0n) is 16.5. The summed E-state index contributed by atoms with van der Waals surface area (Å²) in [7, 11) is 0. The van der Waals surface area contributed by atoms with Crippen LogP contribution < -0.4 is 10.6 Å². The first kappa shape index (κ1) is 21.0. The van der Waals surface area contributed by atoms with E-state index in [2.05, 4.69) is 48.4 Å². The Morgan fingerprint density at radius 1 is 1.07 bits per heavy atom. The molecule has 0 spiro atoms. The number of fused-ring (bicyclic) bond motifs is 2. The number of rotatable bonds is 6. The Kier molecular flexibility index (Phi) is 7.02. The molecule has 0 bridgehead atoms. The number of imidazole rings is 1.